The second-order valence-electron chi connectivity index (χ2n) is 3.24. The molecule has 1 saturated carbocycles. The van der Waals surface area contributed by atoms with E-state index in [1.54, 1.807) is 6.92 Å². The van der Waals surface area contributed by atoms with Gasteiger partial charge in [-0.05, 0) is 35.7 Å². The summed E-state index contributed by atoms with van der Waals surface area (Å²) >= 11 is 4.32. The van der Waals surface area contributed by atoms with Gasteiger partial charge in [-0.2, -0.15) is 0 Å². The van der Waals surface area contributed by atoms with Crippen LogP contribution in [0, 0.1) is 6.92 Å². The van der Waals surface area contributed by atoms with Crippen LogP contribution in [0.2, 0.25) is 0 Å². The molecule has 0 aromatic carbocycles. The molecule has 1 heterocycles. The normalized spacial score (nSPS) is 17.3. The molecule has 0 radical (unpaired) electrons. The molecular weight excluding hydrogens is 288 g/mol. The van der Waals surface area contributed by atoms with E-state index in [-0.39, 0.29) is 6.04 Å². The Kier molecular flexibility index (Phi) is 2.67. The van der Waals surface area contributed by atoms with Gasteiger partial charge in [-0.1, -0.05) is 11.3 Å². The molecule has 0 aliphatic heterocycles. The number of thiazole rings is 1. The first-order chi connectivity index (χ1) is 6.49. The first-order valence-electron chi connectivity index (χ1n) is 4.14. The van der Waals surface area contributed by atoms with Crippen molar-refractivity contribution < 1.29 is 8.42 Å². The molecule has 2 rings (SSSR count). The monoisotopic (exact) mass is 296 g/mol. The van der Waals surface area contributed by atoms with Gasteiger partial charge in [0.2, 0.25) is 0 Å². The van der Waals surface area contributed by atoms with Crippen LogP contribution >= 0.6 is 27.3 Å². The lowest BCUT2D eigenvalue weighted by atomic mass is 10.6. The first kappa shape index (κ1) is 10.5. The molecule has 0 spiro atoms. The number of hydrogen-bond acceptors (Lipinski definition) is 4. The summed E-state index contributed by atoms with van der Waals surface area (Å²) < 4.78 is 27.1. The molecule has 7 heteroatoms. The molecular formula is C7H9BrN2O2S2. The van der Waals surface area contributed by atoms with Crippen molar-refractivity contribution in [2.24, 2.45) is 0 Å². The molecule has 4 nitrogen and oxygen atoms in total. The van der Waals surface area contributed by atoms with Gasteiger partial charge < -0.3 is 0 Å². The zero-order chi connectivity index (χ0) is 10.3. The second kappa shape index (κ2) is 3.55. The molecule has 0 atom stereocenters. The zero-order valence-corrected chi connectivity index (χ0v) is 10.7. The van der Waals surface area contributed by atoms with Crippen LogP contribution in [-0.2, 0) is 10.0 Å². The number of rotatable bonds is 3. The fourth-order valence-electron chi connectivity index (χ4n) is 1.07. The minimum absolute atomic E-state index is 0.139. The smallest absolute Gasteiger partial charge is 0.233 e. The zero-order valence-electron chi connectivity index (χ0n) is 7.45. The van der Waals surface area contributed by atoms with Crippen LogP contribution in [0.5, 0.6) is 0 Å². The molecule has 1 N–H and O–H groups in total. The van der Waals surface area contributed by atoms with Crippen molar-refractivity contribution in [3.05, 3.63) is 9.61 Å². The number of sulfonamides is 1. The van der Waals surface area contributed by atoms with Crippen LogP contribution < -0.4 is 4.72 Å². The number of aryl methyl sites for hydroxylation is 1. The van der Waals surface area contributed by atoms with Gasteiger partial charge in [0.15, 0.2) is 8.13 Å². The Morgan fingerprint density at radius 3 is 2.64 bits per heavy atom. The van der Waals surface area contributed by atoms with Gasteiger partial charge in [-0.25, -0.2) is 18.1 Å². The highest BCUT2D eigenvalue weighted by molar-refractivity contribution is 9.11. The van der Waals surface area contributed by atoms with Crippen LogP contribution in [0.25, 0.3) is 0 Å². The van der Waals surface area contributed by atoms with Gasteiger partial charge in [0, 0.05) is 6.04 Å². The third-order valence-corrected chi connectivity index (χ3v) is 5.61. The molecule has 0 amide bonds. The number of nitrogens with zero attached hydrogens (tertiary/aromatic N) is 1. The van der Waals surface area contributed by atoms with Crippen molar-refractivity contribution in [1.82, 2.24) is 9.71 Å². The summed E-state index contributed by atoms with van der Waals surface area (Å²) in [5.74, 6) is 0. The average molecular weight is 297 g/mol. The molecule has 78 valence electrons. The van der Waals surface area contributed by atoms with Crippen LogP contribution in [0.1, 0.15) is 18.5 Å². The van der Waals surface area contributed by atoms with Crippen LogP contribution in [0.4, 0.5) is 0 Å². The summed E-state index contributed by atoms with van der Waals surface area (Å²) in [6, 6.07) is 0.139. The van der Waals surface area contributed by atoms with E-state index in [0.717, 1.165) is 24.2 Å². The van der Waals surface area contributed by atoms with E-state index in [1.165, 1.54) is 0 Å². The molecule has 1 aromatic rings. The van der Waals surface area contributed by atoms with Crippen LogP contribution in [-0.4, -0.2) is 19.4 Å². The summed E-state index contributed by atoms with van der Waals surface area (Å²) in [5.41, 5.74) is 0.551. The van der Waals surface area contributed by atoms with Gasteiger partial charge in [0.05, 0.1) is 5.69 Å². The van der Waals surface area contributed by atoms with Gasteiger partial charge in [-0.3, -0.25) is 0 Å². The highest BCUT2D eigenvalue weighted by atomic mass is 79.9. The predicted octanol–water partition coefficient (Wildman–Crippen LogP) is 1.65. The van der Waals surface area contributed by atoms with Gasteiger partial charge in [0.1, 0.15) is 0 Å². The van der Waals surface area contributed by atoms with Gasteiger partial charge in [0.25, 0.3) is 10.0 Å². The number of hydrogen-bond donors (Lipinski definition) is 1. The Morgan fingerprint density at radius 1 is 1.57 bits per heavy atom. The minimum Gasteiger partial charge on any atom is -0.233 e. The molecule has 1 aliphatic carbocycles. The SMILES string of the molecule is Cc1nc(Br)sc1S(=O)(=O)NC1CC1. The summed E-state index contributed by atoms with van der Waals surface area (Å²) in [6.07, 6.45) is 1.89. The average Bonchev–Trinajstić information content (AvgIpc) is 2.76. The van der Waals surface area contributed by atoms with E-state index in [4.69, 9.17) is 0 Å². The van der Waals surface area contributed by atoms with Crippen molar-refractivity contribution >= 4 is 37.3 Å². The molecule has 0 bridgehead atoms. The molecule has 1 aliphatic rings. The largest absolute Gasteiger partial charge is 0.252 e. The summed E-state index contributed by atoms with van der Waals surface area (Å²) in [5, 5.41) is 0. The van der Waals surface area contributed by atoms with Gasteiger partial charge >= 0.3 is 0 Å². The lowest BCUT2D eigenvalue weighted by molar-refractivity contribution is 0.582. The van der Waals surface area contributed by atoms with Crippen molar-refractivity contribution in [3.8, 4) is 0 Å². The summed E-state index contributed by atoms with van der Waals surface area (Å²) in [4.78, 5) is 4.02. The lowest BCUT2D eigenvalue weighted by Gasteiger charge is -2.02. The maximum absolute atomic E-state index is 11.8. The Morgan fingerprint density at radius 2 is 2.21 bits per heavy atom. The number of halogens is 1. The number of nitrogens with one attached hydrogen (secondary N) is 1. The molecule has 14 heavy (non-hydrogen) atoms. The minimum atomic E-state index is -3.33. The van der Waals surface area contributed by atoms with Crippen molar-refractivity contribution in [2.75, 3.05) is 0 Å². The Bertz CT molecular complexity index is 450. The van der Waals surface area contributed by atoms with Gasteiger partial charge in [-0.15, -0.1) is 0 Å². The Labute approximate surface area is 94.9 Å². The molecule has 1 aromatic heterocycles. The summed E-state index contributed by atoms with van der Waals surface area (Å²) in [6.45, 7) is 1.70. The van der Waals surface area contributed by atoms with Crippen molar-refractivity contribution in [1.29, 1.82) is 0 Å². The second-order valence-corrected chi connectivity index (χ2v) is 7.42. The quantitative estimate of drug-likeness (QED) is 0.923. The highest BCUT2D eigenvalue weighted by Crippen LogP contribution is 2.29. The number of aromatic nitrogens is 1. The summed E-state index contributed by atoms with van der Waals surface area (Å²) in [7, 11) is -3.33. The molecule has 1 fully saturated rings. The lowest BCUT2D eigenvalue weighted by Crippen LogP contribution is -2.25. The van der Waals surface area contributed by atoms with E-state index in [1.807, 2.05) is 0 Å². The predicted molar refractivity (Wildman–Crippen MR) is 57.9 cm³/mol. The fourth-order valence-corrected chi connectivity index (χ4v) is 4.71. The highest BCUT2D eigenvalue weighted by Gasteiger charge is 2.30. The molecule has 0 unspecified atom stereocenters. The van der Waals surface area contributed by atoms with Crippen molar-refractivity contribution in [2.45, 2.75) is 30.0 Å². The first-order valence-corrected chi connectivity index (χ1v) is 7.23. The van der Waals surface area contributed by atoms with E-state index in [2.05, 4.69) is 25.6 Å². The van der Waals surface area contributed by atoms with Crippen LogP contribution in [0.3, 0.4) is 0 Å². The van der Waals surface area contributed by atoms with E-state index < -0.39 is 10.0 Å². The van der Waals surface area contributed by atoms with E-state index in [9.17, 15) is 8.42 Å². The third-order valence-electron chi connectivity index (χ3n) is 1.87. The third kappa shape index (κ3) is 2.16. The fraction of sp³-hybridized carbons (Fsp3) is 0.571. The van der Waals surface area contributed by atoms with Crippen LogP contribution in [0.15, 0.2) is 8.13 Å². The molecule has 0 saturated heterocycles. The van der Waals surface area contributed by atoms with Crippen molar-refractivity contribution in [3.63, 3.8) is 0 Å². The Balaban J connectivity index is 2.32. The maximum atomic E-state index is 11.8. The Hall–Kier alpha value is 0.0200. The maximum Gasteiger partial charge on any atom is 0.252 e. The van der Waals surface area contributed by atoms with E-state index in [0.29, 0.717) is 13.8 Å². The van der Waals surface area contributed by atoms with E-state index >= 15 is 0 Å². The standard InChI is InChI=1S/C7H9BrN2O2S2/c1-4-6(13-7(8)9-4)14(11,12)10-5-2-3-5/h5,10H,2-3H2,1H3. The topological polar surface area (TPSA) is 59.1 Å².